The highest BCUT2D eigenvalue weighted by Gasteiger charge is 2.49. The maximum absolute atomic E-state index is 12.2. The van der Waals surface area contributed by atoms with Crippen LogP contribution in [0, 0.1) is 11.8 Å². The molecule has 6 heteroatoms. The van der Waals surface area contributed by atoms with Crippen LogP contribution in [0.15, 0.2) is 37.5 Å². The molecule has 0 heterocycles. The number of rotatable bonds is 17. The number of unbranched alkanes of at least 4 members (excludes halogenated alkanes) is 3. The van der Waals surface area contributed by atoms with Gasteiger partial charge < -0.3 is 14.2 Å². The number of carbonyl (C=O) groups excluding carboxylic acids is 3. The van der Waals surface area contributed by atoms with Crippen LogP contribution in [0.5, 0.6) is 0 Å². The van der Waals surface area contributed by atoms with E-state index >= 15 is 0 Å². The molecule has 1 fully saturated rings. The Bertz CT molecular complexity index is 653. The van der Waals surface area contributed by atoms with Gasteiger partial charge in [0.05, 0.1) is 0 Å². The van der Waals surface area contributed by atoms with E-state index in [9.17, 15) is 14.4 Å². The summed E-state index contributed by atoms with van der Waals surface area (Å²) in [6.07, 6.45) is 13.1. The SMILES string of the molecule is C=CCCCC(=O)O[C@@H](CC=C)[C@@H]1C[C@H]1[C@@H](/C=C/[C@@H](CCCCC)OC(C)=O)OC(C)=O. The molecule has 0 aromatic carbocycles. The third-order valence-corrected chi connectivity index (χ3v) is 5.49. The van der Waals surface area contributed by atoms with Crippen LogP contribution in [0.25, 0.3) is 0 Å². The first-order valence-electron chi connectivity index (χ1n) is 11.8. The van der Waals surface area contributed by atoms with Gasteiger partial charge in [-0.1, -0.05) is 31.9 Å². The quantitative estimate of drug-likeness (QED) is 0.127. The standard InChI is InChI=1S/C26H40O6/c1-6-9-11-14-21(30-19(4)27)16-17-25(31-20(5)28)23-18-22(23)24(13-8-3)32-26(29)15-12-10-7-2/h7-8,16-17,21-25H,2-3,6,9-15,18H2,1,4-5H3/b17-16+/t21-,22-,23-,24+,25-/m1/s1. The van der Waals surface area contributed by atoms with E-state index in [0.29, 0.717) is 19.3 Å². The van der Waals surface area contributed by atoms with E-state index in [0.717, 1.165) is 38.5 Å². The van der Waals surface area contributed by atoms with Gasteiger partial charge in [0.1, 0.15) is 18.3 Å². The molecule has 0 bridgehead atoms. The molecule has 1 rings (SSSR count). The molecule has 0 aromatic rings. The Morgan fingerprint density at radius 1 is 0.938 bits per heavy atom. The molecule has 0 N–H and O–H groups in total. The van der Waals surface area contributed by atoms with Crippen LogP contribution >= 0.6 is 0 Å². The summed E-state index contributed by atoms with van der Waals surface area (Å²) >= 11 is 0. The monoisotopic (exact) mass is 448 g/mol. The molecule has 6 nitrogen and oxygen atoms in total. The van der Waals surface area contributed by atoms with E-state index in [1.807, 2.05) is 12.2 Å². The van der Waals surface area contributed by atoms with Gasteiger partial charge in [-0.15, -0.1) is 13.2 Å². The summed E-state index contributed by atoms with van der Waals surface area (Å²) in [5.41, 5.74) is 0. The maximum Gasteiger partial charge on any atom is 0.306 e. The van der Waals surface area contributed by atoms with E-state index < -0.39 is 6.10 Å². The summed E-state index contributed by atoms with van der Waals surface area (Å²) in [7, 11) is 0. The van der Waals surface area contributed by atoms with E-state index in [1.54, 1.807) is 12.2 Å². The molecule has 0 aromatic heterocycles. The normalized spacial score (nSPS) is 20.1. The molecule has 180 valence electrons. The molecular weight excluding hydrogens is 408 g/mol. The summed E-state index contributed by atoms with van der Waals surface area (Å²) in [6, 6.07) is 0. The average molecular weight is 449 g/mol. The fourth-order valence-corrected chi connectivity index (χ4v) is 3.83. The highest BCUT2D eigenvalue weighted by molar-refractivity contribution is 5.69. The van der Waals surface area contributed by atoms with E-state index in [2.05, 4.69) is 20.1 Å². The van der Waals surface area contributed by atoms with Gasteiger partial charge in [-0.05, 0) is 44.3 Å². The third kappa shape index (κ3) is 11.3. The minimum Gasteiger partial charge on any atom is -0.462 e. The molecule has 0 spiro atoms. The number of allylic oxidation sites excluding steroid dienone is 1. The van der Waals surface area contributed by atoms with E-state index in [4.69, 9.17) is 14.2 Å². The largest absolute Gasteiger partial charge is 0.462 e. The number of hydrogen-bond donors (Lipinski definition) is 0. The van der Waals surface area contributed by atoms with Crippen molar-refractivity contribution in [1.29, 1.82) is 0 Å². The molecule has 0 amide bonds. The molecule has 0 radical (unpaired) electrons. The first-order chi connectivity index (χ1) is 15.3. The van der Waals surface area contributed by atoms with Crippen LogP contribution in [0.1, 0.15) is 78.6 Å². The number of hydrogen-bond acceptors (Lipinski definition) is 6. The van der Waals surface area contributed by atoms with Crippen LogP contribution in [-0.2, 0) is 28.6 Å². The predicted molar refractivity (Wildman–Crippen MR) is 125 cm³/mol. The number of esters is 3. The van der Waals surface area contributed by atoms with Gasteiger partial charge in [0.25, 0.3) is 0 Å². The van der Waals surface area contributed by atoms with Gasteiger partial charge >= 0.3 is 17.9 Å². The Morgan fingerprint density at radius 3 is 2.25 bits per heavy atom. The summed E-state index contributed by atoms with van der Waals surface area (Å²) in [5, 5.41) is 0. The first-order valence-corrected chi connectivity index (χ1v) is 11.8. The van der Waals surface area contributed by atoms with Crippen molar-refractivity contribution < 1.29 is 28.6 Å². The van der Waals surface area contributed by atoms with Crippen LogP contribution in [-0.4, -0.2) is 36.2 Å². The molecule has 1 aliphatic rings. The first kappa shape index (κ1) is 27.7. The Kier molecular flexibility index (Phi) is 13.3. The van der Waals surface area contributed by atoms with Gasteiger partial charge in [0.15, 0.2) is 0 Å². The zero-order chi connectivity index (χ0) is 23.9. The van der Waals surface area contributed by atoms with Crippen LogP contribution in [0.3, 0.4) is 0 Å². The molecule has 1 aliphatic carbocycles. The van der Waals surface area contributed by atoms with Gasteiger partial charge in [0.2, 0.25) is 0 Å². The lowest BCUT2D eigenvalue weighted by Crippen LogP contribution is -2.25. The third-order valence-electron chi connectivity index (χ3n) is 5.49. The van der Waals surface area contributed by atoms with Crippen molar-refractivity contribution in [3.8, 4) is 0 Å². The van der Waals surface area contributed by atoms with Gasteiger partial charge in [-0.25, -0.2) is 0 Å². The number of carbonyl (C=O) groups is 3. The summed E-state index contributed by atoms with van der Waals surface area (Å²) in [5.74, 6) is -0.789. The molecule has 5 atom stereocenters. The van der Waals surface area contributed by atoms with Gasteiger partial charge in [-0.3, -0.25) is 14.4 Å². The fourth-order valence-electron chi connectivity index (χ4n) is 3.83. The fraction of sp³-hybridized carbons (Fsp3) is 0.654. The van der Waals surface area contributed by atoms with Crippen molar-refractivity contribution in [2.45, 2.75) is 96.9 Å². The smallest absolute Gasteiger partial charge is 0.306 e. The zero-order valence-corrected chi connectivity index (χ0v) is 19.9. The topological polar surface area (TPSA) is 78.9 Å². The minimum absolute atomic E-state index is 0.0506. The highest BCUT2D eigenvalue weighted by Crippen LogP contribution is 2.47. The second-order valence-electron chi connectivity index (χ2n) is 8.40. The van der Waals surface area contributed by atoms with Crippen molar-refractivity contribution >= 4 is 17.9 Å². The van der Waals surface area contributed by atoms with Crippen molar-refractivity contribution in [2.24, 2.45) is 11.8 Å². The highest BCUT2D eigenvalue weighted by atomic mass is 16.6. The second kappa shape index (κ2) is 15.4. The Balaban J connectivity index is 2.80. The Labute approximate surface area is 193 Å². The zero-order valence-electron chi connectivity index (χ0n) is 19.9. The van der Waals surface area contributed by atoms with Crippen LogP contribution in [0.4, 0.5) is 0 Å². The van der Waals surface area contributed by atoms with Crippen molar-refractivity contribution in [3.05, 3.63) is 37.5 Å². The molecular formula is C26H40O6. The average Bonchev–Trinajstić information content (AvgIpc) is 3.51. The minimum atomic E-state index is -0.450. The Hall–Kier alpha value is -2.37. The molecule has 32 heavy (non-hydrogen) atoms. The number of ether oxygens (including phenoxy) is 3. The summed E-state index contributed by atoms with van der Waals surface area (Å²) in [4.78, 5) is 35.4. The van der Waals surface area contributed by atoms with Crippen LogP contribution < -0.4 is 0 Å². The lowest BCUT2D eigenvalue weighted by atomic mass is 10.0. The molecule has 0 unspecified atom stereocenters. The van der Waals surface area contributed by atoms with Gasteiger partial charge in [0, 0.05) is 38.5 Å². The van der Waals surface area contributed by atoms with Gasteiger partial charge in [-0.2, -0.15) is 0 Å². The van der Waals surface area contributed by atoms with Crippen molar-refractivity contribution in [3.63, 3.8) is 0 Å². The van der Waals surface area contributed by atoms with E-state index in [1.165, 1.54) is 13.8 Å². The lowest BCUT2D eigenvalue weighted by molar-refractivity contribution is -0.152. The lowest BCUT2D eigenvalue weighted by Gasteiger charge is -2.20. The van der Waals surface area contributed by atoms with Crippen molar-refractivity contribution in [1.82, 2.24) is 0 Å². The predicted octanol–water partition coefficient (Wildman–Crippen LogP) is 5.47. The van der Waals surface area contributed by atoms with Crippen LogP contribution in [0.2, 0.25) is 0 Å². The molecule has 1 saturated carbocycles. The maximum atomic E-state index is 12.2. The molecule has 0 saturated heterocycles. The summed E-state index contributed by atoms with van der Waals surface area (Å²) < 4.78 is 16.7. The van der Waals surface area contributed by atoms with E-state index in [-0.39, 0.29) is 42.0 Å². The summed E-state index contributed by atoms with van der Waals surface area (Å²) in [6.45, 7) is 12.3. The van der Waals surface area contributed by atoms with Crippen molar-refractivity contribution in [2.75, 3.05) is 0 Å². The Morgan fingerprint density at radius 2 is 1.66 bits per heavy atom. The molecule has 0 aliphatic heterocycles. The second-order valence-corrected chi connectivity index (χ2v) is 8.40.